The van der Waals surface area contributed by atoms with Gasteiger partial charge in [0.05, 0.1) is 16.8 Å². The van der Waals surface area contributed by atoms with Crippen LogP contribution in [0, 0.1) is 12.7 Å². The van der Waals surface area contributed by atoms with Crippen LogP contribution in [0.2, 0.25) is 5.02 Å². The van der Waals surface area contributed by atoms with Gasteiger partial charge in [0.2, 0.25) is 0 Å². The van der Waals surface area contributed by atoms with Gasteiger partial charge in [-0.3, -0.25) is 0 Å². The number of halogens is 2. The summed E-state index contributed by atoms with van der Waals surface area (Å²) in [5, 5.41) is 5.56. The summed E-state index contributed by atoms with van der Waals surface area (Å²) in [6, 6.07) is 6.20. The number of carbonyl (C=O) groups excluding carboxylic acids is 1. The van der Waals surface area contributed by atoms with E-state index >= 15 is 0 Å². The maximum Gasteiger partial charge on any atom is 0.358 e. The zero-order chi connectivity index (χ0) is 15.2. The molecule has 0 bridgehead atoms. The SMILES string of the molecule is Cc1ccsc1/C=C/C(=O)O/N=C/c1c(F)cccc1Cl. The molecule has 6 heteroatoms. The highest BCUT2D eigenvalue weighted by Crippen LogP contribution is 2.18. The maximum atomic E-state index is 13.4. The topological polar surface area (TPSA) is 38.7 Å². The molecule has 0 N–H and O–H groups in total. The summed E-state index contributed by atoms with van der Waals surface area (Å²) in [7, 11) is 0. The summed E-state index contributed by atoms with van der Waals surface area (Å²) in [6.07, 6.45) is 3.98. The number of nitrogens with zero attached hydrogens (tertiary/aromatic N) is 1. The second-order valence-corrected chi connectivity index (χ2v) is 5.44. The molecule has 21 heavy (non-hydrogen) atoms. The lowest BCUT2D eigenvalue weighted by atomic mass is 10.2. The van der Waals surface area contributed by atoms with E-state index in [0.717, 1.165) is 16.7 Å². The number of carbonyl (C=O) groups is 1. The van der Waals surface area contributed by atoms with E-state index in [-0.39, 0.29) is 10.6 Å². The number of benzene rings is 1. The van der Waals surface area contributed by atoms with Crippen LogP contribution in [0.15, 0.2) is 40.9 Å². The van der Waals surface area contributed by atoms with Gasteiger partial charge in [0, 0.05) is 11.0 Å². The number of hydrogen-bond acceptors (Lipinski definition) is 4. The summed E-state index contributed by atoms with van der Waals surface area (Å²) in [6.45, 7) is 1.94. The van der Waals surface area contributed by atoms with Crippen LogP contribution in [-0.4, -0.2) is 12.2 Å². The van der Waals surface area contributed by atoms with E-state index in [9.17, 15) is 9.18 Å². The molecule has 1 heterocycles. The first-order chi connectivity index (χ1) is 10.1. The minimum Gasteiger partial charge on any atom is -0.313 e. The molecule has 0 saturated heterocycles. The minimum absolute atomic E-state index is 0.0741. The summed E-state index contributed by atoms with van der Waals surface area (Å²) in [5.74, 6) is -1.18. The Labute approximate surface area is 130 Å². The zero-order valence-corrected chi connectivity index (χ0v) is 12.6. The van der Waals surface area contributed by atoms with Crippen LogP contribution in [0.5, 0.6) is 0 Å². The molecule has 0 aliphatic carbocycles. The van der Waals surface area contributed by atoms with Gasteiger partial charge in [0.25, 0.3) is 0 Å². The first-order valence-electron chi connectivity index (χ1n) is 5.98. The number of rotatable bonds is 4. The quantitative estimate of drug-likeness (QED) is 0.361. The third-order valence-corrected chi connectivity index (χ3v) is 3.91. The Kier molecular flexibility index (Phi) is 5.25. The second kappa shape index (κ2) is 7.15. The van der Waals surface area contributed by atoms with Crippen LogP contribution in [0.4, 0.5) is 4.39 Å². The Morgan fingerprint density at radius 3 is 2.90 bits per heavy atom. The van der Waals surface area contributed by atoms with Crippen molar-refractivity contribution in [1.29, 1.82) is 0 Å². The summed E-state index contributed by atoms with van der Waals surface area (Å²) >= 11 is 7.32. The first-order valence-corrected chi connectivity index (χ1v) is 7.24. The van der Waals surface area contributed by atoms with Crippen LogP contribution < -0.4 is 0 Å². The van der Waals surface area contributed by atoms with Crippen molar-refractivity contribution in [1.82, 2.24) is 0 Å². The molecule has 0 fully saturated rings. The van der Waals surface area contributed by atoms with Crippen LogP contribution in [0.3, 0.4) is 0 Å². The molecule has 0 spiro atoms. The summed E-state index contributed by atoms with van der Waals surface area (Å²) in [5.41, 5.74) is 1.15. The predicted molar refractivity (Wildman–Crippen MR) is 83.2 cm³/mol. The van der Waals surface area contributed by atoms with Gasteiger partial charge in [-0.05, 0) is 42.1 Å². The van der Waals surface area contributed by atoms with E-state index in [2.05, 4.69) is 9.99 Å². The zero-order valence-electron chi connectivity index (χ0n) is 11.0. The average molecular weight is 324 g/mol. The third-order valence-electron chi connectivity index (χ3n) is 2.60. The number of oxime groups is 1. The molecule has 3 nitrogen and oxygen atoms in total. The second-order valence-electron chi connectivity index (χ2n) is 4.08. The van der Waals surface area contributed by atoms with E-state index in [1.165, 1.54) is 35.6 Å². The highest BCUT2D eigenvalue weighted by Gasteiger charge is 2.04. The molecular formula is C15H11ClFNO2S. The van der Waals surface area contributed by atoms with Crippen molar-refractivity contribution in [2.24, 2.45) is 5.16 Å². The fourth-order valence-corrected chi connectivity index (χ4v) is 2.53. The van der Waals surface area contributed by atoms with Crippen molar-refractivity contribution in [2.45, 2.75) is 6.92 Å². The lowest BCUT2D eigenvalue weighted by Crippen LogP contribution is -1.96. The van der Waals surface area contributed by atoms with Gasteiger partial charge in [-0.25, -0.2) is 9.18 Å². The molecule has 0 saturated carbocycles. The Bertz CT molecular complexity index is 689. The van der Waals surface area contributed by atoms with Crippen LogP contribution in [-0.2, 0) is 9.63 Å². The van der Waals surface area contributed by atoms with E-state index in [1.807, 2.05) is 18.4 Å². The molecule has 1 aromatic carbocycles. The van der Waals surface area contributed by atoms with E-state index in [4.69, 9.17) is 11.6 Å². The average Bonchev–Trinajstić information content (AvgIpc) is 2.85. The van der Waals surface area contributed by atoms with Crippen molar-refractivity contribution in [3.05, 3.63) is 62.6 Å². The molecule has 108 valence electrons. The van der Waals surface area contributed by atoms with Crippen molar-refractivity contribution < 1.29 is 14.0 Å². The Hall–Kier alpha value is -1.98. The molecule has 0 aliphatic rings. The van der Waals surface area contributed by atoms with E-state index in [0.29, 0.717) is 0 Å². The normalized spacial score (nSPS) is 11.4. The molecular weight excluding hydrogens is 313 g/mol. The van der Waals surface area contributed by atoms with E-state index < -0.39 is 11.8 Å². The van der Waals surface area contributed by atoms with Crippen LogP contribution in [0.25, 0.3) is 6.08 Å². The standard InChI is InChI=1S/C15H11ClFNO2S/c1-10-7-8-21-14(10)5-6-15(19)20-18-9-11-12(16)3-2-4-13(11)17/h2-9H,1H3/b6-5+,18-9+. The van der Waals surface area contributed by atoms with Gasteiger partial charge in [-0.15, -0.1) is 11.3 Å². The number of hydrogen-bond donors (Lipinski definition) is 0. The Morgan fingerprint density at radius 2 is 2.24 bits per heavy atom. The molecule has 0 aliphatic heterocycles. The van der Waals surface area contributed by atoms with Crippen LogP contribution in [0.1, 0.15) is 16.0 Å². The molecule has 1 aromatic heterocycles. The van der Waals surface area contributed by atoms with Crippen molar-refractivity contribution in [3.8, 4) is 0 Å². The lowest BCUT2D eigenvalue weighted by molar-refractivity contribution is -0.137. The molecule has 0 amide bonds. The van der Waals surface area contributed by atoms with Gasteiger partial charge in [-0.1, -0.05) is 22.8 Å². The first kappa shape index (κ1) is 15.4. The molecule has 0 radical (unpaired) electrons. The highest BCUT2D eigenvalue weighted by atomic mass is 35.5. The van der Waals surface area contributed by atoms with Crippen molar-refractivity contribution in [2.75, 3.05) is 0 Å². The summed E-state index contributed by atoms with van der Waals surface area (Å²) in [4.78, 5) is 17.0. The fourth-order valence-electron chi connectivity index (χ4n) is 1.49. The Morgan fingerprint density at radius 1 is 1.43 bits per heavy atom. The van der Waals surface area contributed by atoms with Gasteiger partial charge in [-0.2, -0.15) is 0 Å². The van der Waals surface area contributed by atoms with Crippen LogP contribution >= 0.6 is 22.9 Å². The highest BCUT2D eigenvalue weighted by molar-refractivity contribution is 7.11. The van der Waals surface area contributed by atoms with Gasteiger partial charge >= 0.3 is 5.97 Å². The molecule has 2 rings (SSSR count). The number of aryl methyl sites for hydroxylation is 1. The van der Waals surface area contributed by atoms with Gasteiger partial charge in [0.15, 0.2) is 0 Å². The van der Waals surface area contributed by atoms with Gasteiger partial charge in [0.1, 0.15) is 5.82 Å². The number of thiophene rings is 1. The smallest absolute Gasteiger partial charge is 0.313 e. The predicted octanol–water partition coefficient (Wildman–Crippen LogP) is 4.44. The largest absolute Gasteiger partial charge is 0.358 e. The molecule has 0 unspecified atom stereocenters. The third kappa shape index (κ3) is 4.24. The van der Waals surface area contributed by atoms with Crippen molar-refractivity contribution in [3.63, 3.8) is 0 Å². The Balaban J connectivity index is 1.97. The molecule has 2 aromatic rings. The van der Waals surface area contributed by atoms with Crippen molar-refractivity contribution >= 4 is 41.2 Å². The summed E-state index contributed by atoms with van der Waals surface area (Å²) < 4.78 is 13.4. The lowest BCUT2D eigenvalue weighted by Gasteiger charge is -1.98. The molecule has 0 atom stereocenters. The monoisotopic (exact) mass is 323 g/mol. The maximum absolute atomic E-state index is 13.4. The van der Waals surface area contributed by atoms with E-state index in [1.54, 1.807) is 6.08 Å². The minimum atomic E-state index is -0.647. The van der Waals surface area contributed by atoms with Gasteiger partial charge < -0.3 is 4.84 Å². The fraction of sp³-hybridized carbons (Fsp3) is 0.0667.